The number of aromatic nitrogens is 1. The first kappa shape index (κ1) is 13.2. The highest BCUT2D eigenvalue weighted by Gasteiger charge is 2.10. The van der Waals surface area contributed by atoms with Gasteiger partial charge in [-0.25, -0.2) is 0 Å². The van der Waals surface area contributed by atoms with Gasteiger partial charge in [-0.2, -0.15) is 0 Å². The highest BCUT2D eigenvalue weighted by Crippen LogP contribution is 2.31. The van der Waals surface area contributed by atoms with E-state index in [0.29, 0.717) is 0 Å². The number of para-hydroxylation sites is 1. The van der Waals surface area contributed by atoms with Crippen LogP contribution in [0.15, 0.2) is 36.4 Å². The number of hydrogen-bond acceptors (Lipinski definition) is 1. The van der Waals surface area contributed by atoms with Gasteiger partial charge in [0.25, 0.3) is 0 Å². The van der Waals surface area contributed by atoms with E-state index in [1.165, 1.54) is 41.6 Å². The Balaban J connectivity index is 2.29. The zero-order chi connectivity index (χ0) is 15.3. The van der Waals surface area contributed by atoms with Gasteiger partial charge >= 0.3 is 0 Å². The van der Waals surface area contributed by atoms with E-state index in [-0.39, 0.29) is 0 Å². The van der Waals surface area contributed by atoms with Crippen molar-refractivity contribution in [2.75, 3.05) is 0 Å². The summed E-state index contributed by atoms with van der Waals surface area (Å²) in [5.41, 5.74) is 2.54. The number of hydrogen-bond donors (Lipinski definition) is 0. The van der Waals surface area contributed by atoms with Crippen LogP contribution in [0.2, 0.25) is 0 Å². The highest BCUT2D eigenvalue weighted by atomic mass is 32.1. The van der Waals surface area contributed by atoms with Gasteiger partial charge in [0.15, 0.2) is 0 Å². The van der Waals surface area contributed by atoms with E-state index >= 15 is 0 Å². The molecule has 4 aromatic rings. The normalized spacial score (nSPS) is 13.5. The Kier molecular flexibility index (Phi) is 2.85. The molecule has 0 spiro atoms. The Hall–Kier alpha value is -2.50. The lowest BCUT2D eigenvalue weighted by Crippen LogP contribution is -2.17. The summed E-state index contributed by atoms with van der Waals surface area (Å²) in [5, 5.41) is 5.14. The van der Waals surface area contributed by atoms with Crippen LogP contribution in [0.4, 0.5) is 0 Å². The van der Waals surface area contributed by atoms with Crippen LogP contribution < -0.4 is 9.75 Å². The quantitative estimate of drug-likeness (QED) is 0.436. The number of nitrogens with zero attached hydrogens (tertiary/aromatic N) is 1. The van der Waals surface area contributed by atoms with Crippen molar-refractivity contribution in [3.63, 3.8) is 0 Å². The van der Waals surface area contributed by atoms with Crippen molar-refractivity contribution in [3.8, 4) is 12.3 Å². The second-order valence-electron chi connectivity index (χ2n) is 5.42. The largest absolute Gasteiger partial charge is 0.344 e. The highest BCUT2D eigenvalue weighted by molar-refractivity contribution is 7.17. The van der Waals surface area contributed by atoms with Gasteiger partial charge in [0.2, 0.25) is 0 Å². The summed E-state index contributed by atoms with van der Waals surface area (Å²) in [6.45, 7) is 2.07. The summed E-state index contributed by atoms with van der Waals surface area (Å²) >= 11 is 1.77. The van der Waals surface area contributed by atoms with Crippen LogP contribution in [0, 0.1) is 12.3 Å². The standard InChI is InChI=1S/C20H15NS/c1-4-8-19-13(5-2)16-11-18-15(12-20(16)22-19)14-9-6-7-10-17(14)21(18)3/h1,5-12H,2-3H3/b13-5-,19-8+. The SMILES string of the molecule is C#C/C=c1/sc2cc3c4ccccc4n(C)c3cc2/c1=C/C. The zero-order valence-corrected chi connectivity index (χ0v) is 13.4. The van der Waals surface area contributed by atoms with Crippen molar-refractivity contribution in [1.29, 1.82) is 0 Å². The number of terminal acetylenes is 1. The first-order valence-corrected chi connectivity index (χ1v) is 8.08. The summed E-state index contributed by atoms with van der Waals surface area (Å²) < 4.78 is 4.73. The number of rotatable bonds is 0. The second-order valence-corrected chi connectivity index (χ2v) is 6.51. The second kappa shape index (κ2) is 4.76. The summed E-state index contributed by atoms with van der Waals surface area (Å²) in [6.07, 6.45) is 9.48. The Bertz CT molecular complexity index is 1200. The van der Waals surface area contributed by atoms with E-state index in [2.05, 4.69) is 66.9 Å². The molecule has 0 bridgehead atoms. The summed E-state index contributed by atoms with van der Waals surface area (Å²) in [5.74, 6) is 2.66. The molecule has 0 N–H and O–H groups in total. The minimum absolute atomic E-state index is 1.17. The van der Waals surface area contributed by atoms with Gasteiger partial charge in [0, 0.05) is 49.5 Å². The monoisotopic (exact) mass is 301 g/mol. The van der Waals surface area contributed by atoms with Crippen molar-refractivity contribution in [1.82, 2.24) is 4.57 Å². The lowest BCUT2D eigenvalue weighted by atomic mass is 10.1. The van der Waals surface area contributed by atoms with E-state index in [4.69, 9.17) is 6.42 Å². The molecule has 0 saturated carbocycles. The third kappa shape index (κ3) is 1.66. The maximum atomic E-state index is 5.47. The third-order valence-electron chi connectivity index (χ3n) is 4.29. The first-order valence-electron chi connectivity index (χ1n) is 7.27. The summed E-state index contributed by atoms with van der Waals surface area (Å²) in [4.78, 5) is 0. The van der Waals surface area contributed by atoms with Crippen molar-refractivity contribution >= 4 is 55.4 Å². The molecule has 0 aliphatic rings. The van der Waals surface area contributed by atoms with E-state index in [1.807, 2.05) is 6.08 Å². The Morgan fingerprint density at radius 2 is 1.91 bits per heavy atom. The molecule has 22 heavy (non-hydrogen) atoms. The average molecular weight is 301 g/mol. The molecule has 2 heterocycles. The fourth-order valence-electron chi connectivity index (χ4n) is 3.27. The molecule has 2 aromatic heterocycles. The van der Waals surface area contributed by atoms with Gasteiger partial charge in [-0.1, -0.05) is 30.2 Å². The Labute approximate surface area is 132 Å². The summed E-state index contributed by atoms with van der Waals surface area (Å²) in [7, 11) is 2.13. The molecule has 106 valence electrons. The molecular formula is C20H15NS. The molecule has 0 saturated heterocycles. The molecule has 0 aliphatic heterocycles. The van der Waals surface area contributed by atoms with Crippen LogP contribution >= 0.6 is 11.3 Å². The van der Waals surface area contributed by atoms with Crippen molar-refractivity contribution in [2.24, 2.45) is 7.05 Å². The van der Waals surface area contributed by atoms with E-state index in [9.17, 15) is 0 Å². The predicted octanol–water partition coefficient (Wildman–Crippen LogP) is 3.76. The van der Waals surface area contributed by atoms with Gasteiger partial charge in [-0.05, 0) is 30.3 Å². The zero-order valence-electron chi connectivity index (χ0n) is 12.6. The Morgan fingerprint density at radius 3 is 2.68 bits per heavy atom. The van der Waals surface area contributed by atoms with Crippen molar-refractivity contribution in [2.45, 2.75) is 6.92 Å². The summed E-state index contributed by atoms with van der Waals surface area (Å²) in [6, 6.07) is 13.2. The van der Waals surface area contributed by atoms with Crippen LogP contribution in [0.5, 0.6) is 0 Å². The molecule has 1 nitrogen and oxygen atoms in total. The van der Waals surface area contributed by atoms with Gasteiger partial charge in [0.1, 0.15) is 0 Å². The minimum Gasteiger partial charge on any atom is -0.344 e. The molecule has 2 heteroatoms. The van der Waals surface area contributed by atoms with Crippen LogP contribution in [0.25, 0.3) is 44.0 Å². The number of benzene rings is 2. The van der Waals surface area contributed by atoms with E-state index in [1.54, 1.807) is 11.3 Å². The molecule has 0 radical (unpaired) electrons. The first-order chi connectivity index (χ1) is 10.7. The molecule has 4 rings (SSSR count). The van der Waals surface area contributed by atoms with Gasteiger partial charge in [0.05, 0.1) is 0 Å². The fraction of sp³-hybridized carbons (Fsp3) is 0.100. The van der Waals surface area contributed by atoms with Crippen molar-refractivity contribution < 1.29 is 0 Å². The minimum atomic E-state index is 1.17. The van der Waals surface area contributed by atoms with Crippen molar-refractivity contribution in [3.05, 3.63) is 46.1 Å². The van der Waals surface area contributed by atoms with Gasteiger partial charge < -0.3 is 4.57 Å². The number of aryl methyl sites for hydroxylation is 1. The van der Waals surface area contributed by atoms with Crippen LogP contribution in [-0.2, 0) is 7.05 Å². The smallest absolute Gasteiger partial charge is 0.0495 e. The molecule has 0 aliphatic carbocycles. The van der Waals surface area contributed by atoms with Gasteiger partial charge in [-0.3, -0.25) is 0 Å². The van der Waals surface area contributed by atoms with Crippen LogP contribution in [0.1, 0.15) is 6.92 Å². The average Bonchev–Trinajstić information content (AvgIpc) is 3.02. The predicted molar refractivity (Wildman–Crippen MR) is 98.5 cm³/mol. The molecule has 0 unspecified atom stereocenters. The topological polar surface area (TPSA) is 4.93 Å². The fourth-order valence-corrected chi connectivity index (χ4v) is 4.42. The van der Waals surface area contributed by atoms with E-state index in [0.717, 1.165) is 0 Å². The van der Waals surface area contributed by atoms with Crippen LogP contribution in [0.3, 0.4) is 0 Å². The number of thiophene rings is 1. The van der Waals surface area contributed by atoms with Gasteiger partial charge in [-0.15, -0.1) is 17.8 Å². The third-order valence-corrected chi connectivity index (χ3v) is 5.41. The van der Waals surface area contributed by atoms with E-state index < -0.39 is 0 Å². The number of fused-ring (bicyclic) bond motifs is 4. The molecule has 2 aromatic carbocycles. The maximum absolute atomic E-state index is 5.47. The molecular weight excluding hydrogens is 286 g/mol. The maximum Gasteiger partial charge on any atom is 0.0495 e. The molecule has 0 atom stereocenters. The Morgan fingerprint density at radius 1 is 1.09 bits per heavy atom. The lowest BCUT2D eigenvalue weighted by Gasteiger charge is -1.97. The molecule has 0 amide bonds. The lowest BCUT2D eigenvalue weighted by molar-refractivity contribution is 1.02. The van der Waals surface area contributed by atoms with Crippen LogP contribution in [-0.4, -0.2) is 4.57 Å². The molecule has 0 fully saturated rings.